The van der Waals surface area contributed by atoms with Gasteiger partial charge in [-0.2, -0.15) is 13.2 Å². The number of rotatable bonds is 3. The summed E-state index contributed by atoms with van der Waals surface area (Å²) >= 11 is 5.84. The number of carbonyl (C=O) groups excluding carboxylic acids is 1. The third-order valence-corrected chi connectivity index (χ3v) is 5.10. The number of hydrogen-bond acceptors (Lipinski definition) is 1. The molecule has 2 aliphatic rings. The van der Waals surface area contributed by atoms with E-state index in [4.69, 9.17) is 11.6 Å². The van der Waals surface area contributed by atoms with E-state index in [0.717, 1.165) is 19.3 Å². The molecule has 1 amide bonds. The third-order valence-electron chi connectivity index (χ3n) is 4.71. The smallest absolute Gasteiger partial charge is 0.353 e. The van der Waals surface area contributed by atoms with Crippen LogP contribution < -0.4 is 5.32 Å². The fraction of sp³-hybridized carbons (Fsp3) is 0.929. The molecule has 4 atom stereocenters. The fourth-order valence-electron chi connectivity index (χ4n) is 3.54. The molecule has 2 aliphatic carbocycles. The van der Waals surface area contributed by atoms with Gasteiger partial charge in [0.25, 0.3) is 0 Å². The van der Waals surface area contributed by atoms with Crippen LogP contribution in [0.25, 0.3) is 0 Å². The first-order valence-electron chi connectivity index (χ1n) is 7.36. The molecule has 2 rings (SSSR count). The average molecular weight is 312 g/mol. The number of carbonyl (C=O) groups is 1. The molecule has 2 fully saturated rings. The molecule has 0 heterocycles. The molecule has 0 bridgehead atoms. The van der Waals surface area contributed by atoms with Gasteiger partial charge < -0.3 is 5.32 Å². The second-order valence-corrected chi connectivity index (χ2v) is 6.31. The van der Waals surface area contributed by atoms with Crippen LogP contribution in [-0.4, -0.2) is 24.0 Å². The molecule has 1 N–H and O–H groups in total. The van der Waals surface area contributed by atoms with E-state index < -0.39 is 23.9 Å². The van der Waals surface area contributed by atoms with Crippen molar-refractivity contribution in [1.29, 1.82) is 0 Å². The maximum atomic E-state index is 13.0. The molecule has 0 aromatic heterocycles. The largest absolute Gasteiger partial charge is 0.392 e. The van der Waals surface area contributed by atoms with Crippen molar-refractivity contribution in [3.8, 4) is 0 Å². The van der Waals surface area contributed by atoms with Gasteiger partial charge in [0, 0.05) is 17.8 Å². The number of halogens is 4. The number of amides is 1. The minimum Gasteiger partial charge on any atom is -0.353 e. The number of nitrogens with one attached hydrogen (secondary N) is 1. The molecule has 0 saturated heterocycles. The molecular weight excluding hydrogens is 291 g/mol. The van der Waals surface area contributed by atoms with Crippen molar-refractivity contribution in [2.24, 2.45) is 17.8 Å². The van der Waals surface area contributed by atoms with E-state index in [1.807, 2.05) is 0 Å². The lowest BCUT2D eigenvalue weighted by molar-refractivity contribution is -0.198. The second kappa shape index (κ2) is 6.54. The Bertz CT molecular complexity index is 348. The molecule has 6 heteroatoms. The van der Waals surface area contributed by atoms with Crippen LogP contribution in [0.15, 0.2) is 0 Å². The highest BCUT2D eigenvalue weighted by Gasteiger charge is 2.48. The minimum absolute atomic E-state index is 0.0455. The van der Waals surface area contributed by atoms with Crippen molar-refractivity contribution in [2.45, 2.75) is 57.2 Å². The van der Waals surface area contributed by atoms with Crippen LogP contribution in [0.4, 0.5) is 13.2 Å². The molecule has 0 aromatic rings. The van der Waals surface area contributed by atoms with Gasteiger partial charge in [-0.3, -0.25) is 4.79 Å². The summed E-state index contributed by atoms with van der Waals surface area (Å²) in [5.74, 6) is -2.16. The van der Waals surface area contributed by atoms with Gasteiger partial charge in [0.05, 0.1) is 5.92 Å². The maximum absolute atomic E-state index is 13.0. The van der Waals surface area contributed by atoms with Gasteiger partial charge in [-0.1, -0.05) is 19.3 Å². The van der Waals surface area contributed by atoms with Crippen LogP contribution in [0.5, 0.6) is 0 Å². The lowest BCUT2D eigenvalue weighted by Gasteiger charge is -2.33. The van der Waals surface area contributed by atoms with Crippen molar-refractivity contribution in [3.63, 3.8) is 0 Å². The molecule has 0 aromatic carbocycles. The quantitative estimate of drug-likeness (QED) is 0.787. The van der Waals surface area contributed by atoms with Crippen LogP contribution in [0.2, 0.25) is 0 Å². The predicted octanol–water partition coefficient (Wildman–Crippen LogP) is 3.88. The van der Waals surface area contributed by atoms with Gasteiger partial charge in [0.15, 0.2) is 0 Å². The third kappa shape index (κ3) is 3.60. The van der Waals surface area contributed by atoms with Crippen molar-refractivity contribution in [2.75, 3.05) is 5.88 Å². The normalized spacial score (nSPS) is 35.0. The second-order valence-electron chi connectivity index (χ2n) is 6.00. The van der Waals surface area contributed by atoms with E-state index in [2.05, 4.69) is 5.32 Å². The first-order valence-corrected chi connectivity index (χ1v) is 7.90. The molecular formula is C14H21ClF3NO. The van der Waals surface area contributed by atoms with E-state index in [-0.39, 0.29) is 18.4 Å². The Balaban J connectivity index is 1.99. The van der Waals surface area contributed by atoms with E-state index in [1.54, 1.807) is 0 Å². The van der Waals surface area contributed by atoms with Crippen LogP contribution in [0.1, 0.15) is 44.9 Å². The van der Waals surface area contributed by atoms with E-state index in [0.29, 0.717) is 25.1 Å². The SMILES string of the molecule is O=C(NC1CCCC1CCl)C1CCCCC1C(F)(F)F. The Morgan fingerprint density at radius 2 is 1.80 bits per heavy atom. The first-order chi connectivity index (χ1) is 9.43. The number of alkyl halides is 4. The van der Waals surface area contributed by atoms with Crippen molar-refractivity contribution in [3.05, 3.63) is 0 Å². The van der Waals surface area contributed by atoms with Crippen LogP contribution >= 0.6 is 11.6 Å². The molecule has 20 heavy (non-hydrogen) atoms. The van der Waals surface area contributed by atoms with Crippen molar-refractivity contribution < 1.29 is 18.0 Å². The molecule has 116 valence electrons. The highest BCUT2D eigenvalue weighted by Crippen LogP contribution is 2.41. The Morgan fingerprint density at radius 1 is 1.10 bits per heavy atom. The van der Waals surface area contributed by atoms with Gasteiger partial charge >= 0.3 is 6.18 Å². The zero-order valence-electron chi connectivity index (χ0n) is 11.4. The highest BCUT2D eigenvalue weighted by molar-refractivity contribution is 6.18. The summed E-state index contributed by atoms with van der Waals surface area (Å²) in [6.45, 7) is 0. The van der Waals surface area contributed by atoms with Gasteiger partial charge in [-0.05, 0) is 31.6 Å². The van der Waals surface area contributed by atoms with Gasteiger partial charge in [0.1, 0.15) is 0 Å². The highest BCUT2D eigenvalue weighted by atomic mass is 35.5. The topological polar surface area (TPSA) is 29.1 Å². The summed E-state index contributed by atoms with van der Waals surface area (Å²) in [5, 5.41) is 2.83. The molecule has 0 spiro atoms. The van der Waals surface area contributed by atoms with E-state index in [1.165, 1.54) is 0 Å². The molecule has 2 nitrogen and oxygen atoms in total. The van der Waals surface area contributed by atoms with E-state index in [9.17, 15) is 18.0 Å². The Hall–Kier alpha value is -0.450. The molecule has 0 aliphatic heterocycles. The Morgan fingerprint density at radius 3 is 2.45 bits per heavy atom. The van der Waals surface area contributed by atoms with Crippen molar-refractivity contribution >= 4 is 17.5 Å². The predicted molar refractivity (Wildman–Crippen MR) is 71.5 cm³/mol. The van der Waals surface area contributed by atoms with Gasteiger partial charge in [0.2, 0.25) is 5.91 Å². The molecule has 0 radical (unpaired) electrons. The Kier molecular flexibility index (Phi) is 5.21. The molecule has 4 unspecified atom stereocenters. The summed E-state index contributed by atoms with van der Waals surface area (Å²) in [5.41, 5.74) is 0. The summed E-state index contributed by atoms with van der Waals surface area (Å²) in [6, 6.07) is -0.0455. The van der Waals surface area contributed by atoms with Crippen molar-refractivity contribution in [1.82, 2.24) is 5.32 Å². The summed E-state index contributed by atoms with van der Waals surface area (Å²) < 4.78 is 39.0. The Labute approximate surface area is 122 Å². The zero-order chi connectivity index (χ0) is 14.8. The maximum Gasteiger partial charge on any atom is 0.392 e. The summed E-state index contributed by atoms with van der Waals surface area (Å²) in [6.07, 6.45) is 0.156. The average Bonchev–Trinajstić information content (AvgIpc) is 2.85. The number of hydrogen-bond donors (Lipinski definition) is 1. The van der Waals surface area contributed by atoms with Gasteiger partial charge in [-0.15, -0.1) is 11.6 Å². The fourth-order valence-corrected chi connectivity index (χ4v) is 3.91. The zero-order valence-corrected chi connectivity index (χ0v) is 12.1. The first kappa shape index (κ1) is 15.9. The van der Waals surface area contributed by atoms with Crippen LogP contribution in [0, 0.1) is 17.8 Å². The van der Waals surface area contributed by atoms with Crippen LogP contribution in [-0.2, 0) is 4.79 Å². The summed E-state index contributed by atoms with van der Waals surface area (Å²) in [7, 11) is 0. The summed E-state index contributed by atoms with van der Waals surface area (Å²) in [4.78, 5) is 12.2. The minimum atomic E-state index is -4.27. The lowest BCUT2D eigenvalue weighted by atomic mass is 9.78. The standard InChI is InChI=1S/C14H21ClF3NO/c15-8-9-4-3-7-12(9)19-13(20)10-5-1-2-6-11(10)14(16,17)18/h9-12H,1-8H2,(H,19,20). The van der Waals surface area contributed by atoms with Crippen LogP contribution in [0.3, 0.4) is 0 Å². The molecule has 2 saturated carbocycles. The van der Waals surface area contributed by atoms with Gasteiger partial charge in [-0.25, -0.2) is 0 Å². The monoisotopic (exact) mass is 311 g/mol. The van der Waals surface area contributed by atoms with E-state index >= 15 is 0 Å². The lowest BCUT2D eigenvalue weighted by Crippen LogP contribution is -2.47.